The highest BCUT2D eigenvalue weighted by molar-refractivity contribution is 7.99. The molecule has 2 aromatic carbocycles. The highest BCUT2D eigenvalue weighted by Gasteiger charge is 2.18. The number of para-hydroxylation sites is 1. The van der Waals surface area contributed by atoms with Crippen LogP contribution in [-0.2, 0) is 6.54 Å². The van der Waals surface area contributed by atoms with Gasteiger partial charge in [-0.3, -0.25) is 14.3 Å². The lowest BCUT2D eigenvalue weighted by Gasteiger charge is -2.11. The molecule has 0 aliphatic heterocycles. The smallest absolute Gasteiger partial charge is 0.417 e. The van der Waals surface area contributed by atoms with Crippen LogP contribution in [0.4, 0.5) is 5.69 Å². The van der Waals surface area contributed by atoms with Crippen LogP contribution in [0, 0.1) is 6.92 Å². The van der Waals surface area contributed by atoms with Crippen LogP contribution >= 0.6 is 11.8 Å². The van der Waals surface area contributed by atoms with Crippen molar-refractivity contribution in [3.63, 3.8) is 0 Å². The molecule has 0 bridgehead atoms. The van der Waals surface area contributed by atoms with E-state index in [0.29, 0.717) is 40.1 Å². The number of thioether (sulfide) groups is 1. The maximum atomic E-state index is 12.5. The Morgan fingerprint density at radius 2 is 1.94 bits per heavy atom. The summed E-state index contributed by atoms with van der Waals surface area (Å²) in [7, 11) is 0. The summed E-state index contributed by atoms with van der Waals surface area (Å²) in [5, 5.41) is 12.5. The zero-order chi connectivity index (χ0) is 22.8. The van der Waals surface area contributed by atoms with Crippen molar-refractivity contribution < 1.29 is 13.6 Å². The SMILES string of the molecule is Cc1ccc(C(=O)CSc2nnc(CNc3ccc4[nH]c(=O)oc4c3)n2-c2ccccc2)o1. The van der Waals surface area contributed by atoms with Crippen molar-refractivity contribution >= 4 is 34.3 Å². The number of anilines is 1. The van der Waals surface area contributed by atoms with Crippen LogP contribution in [0.2, 0.25) is 0 Å². The standard InChI is InChI=1S/C23H19N5O4S/c1-14-7-10-19(31-14)18(29)13-33-22-27-26-21(28(22)16-5-3-2-4-6-16)12-24-15-8-9-17-20(11-15)32-23(30)25-17/h2-11,24H,12-13H2,1H3,(H,25,30). The third-order valence-corrected chi connectivity index (χ3v) is 5.86. The van der Waals surface area contributed by atoms with E-state index < -0.39 is 5.76 Å². The third kappa shape index (κ3) is 4.46. The van der Waals surface area contributed by atoms with Crippen LogP contribution in [-0.4, -0.2) is 31.3 Å². The molecular formula is C23H19N5O4S. The molecule has 9 nitrogen and oxygen atoms in total. The van der Waals surface area contributed by atoms with Gasteiger partial charge in [-0.25, -0.2) is 4.79 Å². The van der Waals surface area contributed by atoms with E-state index in [-0.39, 0.29) is 11.5 Å². The number of furan rings is 1. The zero-order valence-electron chi connectivity index (χ0n) is 17.6. The van der Waals surface area contributed by atoms with Crippen LogP contribution < -0.4 is 11.1 Å². The Morgan fingerprint density at radius 1 is 1.09 bits per heavy atom. The molecule has 0 radical (unpaired) electrons. The lowest BCUT2D eigenvalue weighted by atomic mass is 10.3. The third-order valence-electron chi connectivity index (χ3n) is 4.93. The maximum Gasteiger partial charge on any atom is 0.417 e. The van der Waals surface area contributed by atoms with E-state index in [1.807, 2.05) is 41.0 Å². The van der Waals surface area contributed by atoms with Gasteiger partial charge in [-0.1, -0.05) is 30.0 Å². The number of ketones is 1. The minimum Gasteiger partial charge on any atom is -0.458 e. The predicted molar refractivity (Wildman–Crippen MR) is 124 cm³/mol. The van der Waals surface area contributed by atoms with E-state index in [1.54, 1.807) is 31.2 Å². The van der Waals surface area contributed by atoms with Gasteiger partial charge in [0.2, 0.25) is 5.78 Å². The van der Waals surface area contributed by atoms with E-state index in [9.17, 15) is 9.59 Å². The van der Waals surface area contributed by atoms with E-state index >= 15 is 0 Å². The summed E-state index contributed by atoms with van der Waals surface area (Å²) < 4.78 is 12.5. The van der Waals surface area contributed by atoms with Gasteiger partial charge in [0.05, 0.1) is 17.8 Å². The quantitative estimate of drug-likeness (QED) is 0.261. The molecule has 0 amide bonds. The van der Waals surface area contributed by atoms with Crippen LogP contribution in [0.5, 0.6) is 0 Å². The van der Waals surface area contributed by atoms with Gasteiger partial charge >= 0.3 is 5.76 Å². The van der Waals surface area contributed by atoms with Gasteiger partial charge in [0.15, 0.2) is 22.3 Å². The second-order valence-electron chi connectivity index (χ2n) is 7.27. The number of H-pyrrole nitrogens is 1. The summed E-state index contributed by atoms with van der Waals surface area (Å²) in [4.78, 5) is 26.5. The van der Waals surface area contributed by atoms with E-state index in [4.69, 9.17) is 8.83 Å². The lowest BCUT2D eigenvalue weighted by molar-refractivity contribution is 0.0991. The highest BCUT2D eigenvalue weighted by Crippen LogP contribution is 2.24. The molecule has 0 saturated heterocycles. The zero-order valence-corrected chi connectivity index (χ0v) is 18.4. The van der Waals surface area contributed by atoms with Crippen LogP contribution in [0.25, 0.3) is 16.8 Å². The second kappa shape index (κ2) is 8.83. The van der Waals surface area contributed by atoms with Gasteiger partial charge in [0.1, 0.15) is 5.76 Å². The highest BCUT2D eigenvalue weighted by atomic mass is 32.2. The van der Waals surface area contributed by atoms with Crippen LogP contribution in [0.3, 0.4) is 0 Å². The molecule has 33 heavy (non-hydrogen) atoms. The summed E-state index contributed by atoms with van der Waals surface area (Å²) in [5.41, 5.74) is 2.76. The number of rotatable bonds is 8. The number of fused-ring (bicyclic) bond motifs is 1. The Labute approximate surface area is 191 Å². The summed E-state index contributed by atoms with van der Waals surface area (Å²) in [6, 6.07) is 18.5. The van der Waals surface area contributed by atoms with E-state index in [2.05, 4.69) is 20.5 Å². The molecule has 0 atom stereocenters. The molecule has 2 N–H and O–H groups in total. The fourth-order valence-electron chi connectivity index (χ4n) is 3.37. The van der Waals surface area contributed by atoms with Crippen LogP contribution in [0.1, 0.15) is 22.1 Å². The number of benzene rings is 2. The first-order chi connectivity index (χ1) is 16.1. The Morgan fingerprint density at radius 3 is 2.73 bits per heavy atom. The average molecular weight is 462 g/mol. The molecule has 0 saturated carbocycles. The number of nitrogens with one attached hydrogen (secondary N) is 2. The first kappa shape index (κ1) is 20.8. The van der Waals surface area contributed by atoms with Crippen molar-refractivity contribution in [1.29, 1.82) is 0 Å². The molecule has 166 valence electrons. The number of nitrogens with zero attached hydrogens (tertiary/aromatic N) is 3. The number of carbonyl (C=O) groups is 1. The Hall–Kier alpha value is -4.05. The number of aryl methyl sites for hydroxylation is 1. The number of carbonyl (C=O) groups excluding carboxylic acids is 1. The first-order valence-electron chi connectivity index (χ1n) is 10.2. The van der Waals surface area contributed by atoms with Gasteiger partial charge in [0, 0.05) is 17.4 Å². The summed E-state index contributed by atoms with van der Waals surface area (Å²) in [6.45, 7) is 2.17. The fourth-order valence-corrected chi connectivity index (χ4v) is 4.21. The summed E-state index contributed by atoms with van der Waals surface area (Å²) >= 11 is 1.30. The van der Waals surface area contributed by atoms with Gasteiger partial charge in [-0.2, -0.15) is 0 Å². The number of oxazole rings is 1. The van der Waals surface area contributed by atoms with Crippen molar-refractivity contribution in [2.75, 3.05) is 11.1 Å². The van der Waals surface area contributed by atoms with Gasteiger partial charge in [-0.05, 0) is 43.3 Å². The molecular weight excluding hydrogens is 442 g/mol. The van der Waals surface area contributed by atoms with Gasteiger partial charge < -0.3 is 14.2 Å². The molecule has 10 heteroatoms. The molecule has 0 unspecified atom stereocenters. The molecule has 5 rings (SSSR count). The summed E-state index contributed by atoms with van der Waals surface area (Å²) in [5.74, 6) is 1.26. The minimum atomic E-state index is -0.494. The molecule has 0 aliphatic carbocycles. The number of hydrogen-bond acceptors (Lipinski definition) is 8. The van der Waals surface area contributed by atoms with Crippen molar-refractivity contribution in [2.45, 2.75) is 18.6 Å². The average Bonchev–Trinajstić information content (AvgIpc) is 3.53. The molecule has 0 fully saturated rings. The van der Waals surface area contributed by atoms with Crippen molar-refractivity contribution in [2.24, 2.45) is 0 Å². The molecule has 0 spiro atoms. The molecule has 3 heterocycles. The molecule has 3 aromatic heterocycles. The van der Waals surface area contributed by atoms with Gasteiger partial charge in [0.25, 0.3) is 0 Å². The molecule has 0 aliphatic rings. The van der Waals surface area contributed by atoms with Crippen molar-refractivity contribution in [1.82, 2.24) is 19.7 Å². The first-order valence-corrected chi connectivity index (χ1v) is 11.1. The number of hydrogen-bond donors (Lipinski definition) is 2. The topological polar surface area (TPSA) is 119 Å². The number of aromatic amines is 1. The predicted octanol–water partition coefficient (Wildman–Crippen LogP) is 4.19. The van der Waals surface area contributed by atoms with Crippen molar-refractivity contribution in [3.8, 4) is 5.69 Å². The Bertz CT molecular complexity index is 1480. The molecule has 5 aromatic rings. The van der Waals surface area contributed by atoms with Gasteiger partial charge in [-0.15, -0.1) is 10.2 Å². The second-order valence-corrected chi connectivity index (χ2v) is 8.21. The normalized spacial score (nSPS) is 11.2. The monoisotopic (exact) mass is 461 g/mol. The van der Waals surface area contributed by atoms with E-state index in [1.165, 1.54) is 11.8 Å². The Balaban J connectivity index is 1.37. The Kier molecular flexibility index (Phi) is 5.57. The summed E-state index contributed by atoms with van der Waals surface area (Å²) in [6.07, 6.45) is 0. The fraction of sp³-hybridized carbons (Fsp3) is 0.130. The van der Waals surface area contributed by atoms with Crippen LogP contribution in [0.15, 0.2) is 79.4 Å². The number of Topliss-reactive ketones (excluding diaryl/α,β-unsaturated/α-hetero) is 1. The number of aromatic nitrogens is 4. The minimum absolute atomic E-state index is 0.114. The van der Waals surface area contributed by atoms with E-state index in [0.717, 1.165) is 11.4 Å². The maximum absolute atomic E-state index is 12.5. The lowest BCUT2D eigenvalue weighted by Crippen LogP contribution is -2.09. The largest absolute Gasteiger partial charge is 0.458 e. The van der Waals surface area contributed by atoms with Crippen molar-refractivity contribution in [3.05, 3.63) is 88.6 Å².